The van der Waals surface area contributed by atoms with Gasteiger partial charge in [-0.1, -0.05) is 42.5 Å². The third kappa shape index (κ3) is 4.02. The Labute approximate surface area is 166 Å². The fourth-order valence-corrected chi connectivity index (χ4v) is 3.19. The fraction of sp³-hybridized carbons (Fsp3) is 0.190. The van der Waals surface area contributed by atoms with Crippen LogP contribution in [0.2, 0.25) is 0 Å². The van der Waals surface area contributed by atoms with Crippen LogP contribution in [-0.4, -0.2) is 51.5 Å². The van der Waals surface area contributed by atoms with Crippen molar-refractivity contribution in [1.29, 1.82) is 0 Å². The standard InChI is InChI=1S/C21H18N4O4/c1-13(25-20(28)15-9-5-6-10-16(15)21(25)29)19(27)24-17(18(26)12-23-22)11-14-7-3-2-4-8-14/h2-10,12-13,17H,11H2,1H3,(H,24,27)/t13-,17-/m1/s1. The number of carbonyl (C=O) groups excluding carboxylic acids is 4. The van der Waals surface area contributed by atoms with Crippen LogP contribution < -0.4 is 5.32 Å². The summed E-state index contributed by atoms with van der Waals surface area (Å²) in [7, 11) is 0. The molecular formula is C21H18N4O4. The molecule has 0 aromatic heterocycles. The minimum Gasteiger partial charge on any atom is -0.361 e. The summed E-state index contributed by atoms with van der Waals surface area (Å²) in [6.07, 6.45) is 0.868. The van der Waals surface area contributed by atoms with E-state index < -0.39 is 35.6 Å². The first-order valence-corrected chi connectivity index (χ1v) is 8.96. The summed E-state index contributed by atoms with van der Waals surface area (Å²) in [5.41, 5.74) is 9.93. The summed E-state index contributed by atoms with van der Waals surface area (Å²) in [5, 5.41) is 2.56. The van der Waals surface area contributed by atoms with E-state index in [0.29, 0.717) is 6.21 Å². The van der Waals surface area contributed by atoms with E-state index in [1.807, 2.05) is 6.07 Å². The number of hydrogen-bond acceptors (Lipinski definition) is 4. The summed E-state index contributed by atoms with van der Waals surface area (Å²) in [5.74, 6) is -2.40. The van der Waals surface area contributed by atoms with Crippen molar-refractivity contribution in [3.8, 4) is 0 Å². The fourth-order valence-electron chi connectivity index (χ4n) is 3.19. The number of imide groups is 1. The summed E-state index contributed by atoms with van der Waals surface area (Å²) >= 11 is 0. The van der Waals surface area contributed by atoms with Crippen LogP contribution in [0.25, 0.3) is 5.53 Å². The van der Waals surface area contributed by atoms with Gasteiger partial charge in [0, 0.05) is 6.42 Å². The molecule has 2 atom stereocenters. The van der Waals surface area contributed by atoms with E-state index in [-0.39, 0.29) is 17.5 Å². The Kier molecular flexibility index (Phi) is 5.76. The number of benzene rings is 2. The number of fused-ring (bicyclic) bond motifs is 1. The second kappa shape index (κ2) is 8.41. The largest absolute Gasteiger partial charge is 0.361 e. The number of rotatable bonds is 7. The van der Waals surface area contributed by atoms with E-state index in [1.165, 1.54) is 19.1 Å². The molecule has 0 saturated carbocycles. The smallest absolute Gasteiger partial charge is 0.325 e. The van der Waals surface area contributed by atoms with Crippen LogP contribution in [0.4, 0.5) is 0 Å². The zero-order valence-corrected chi connectivity index (χ0v) is 15.6. The van der Waals surface area contributed by atoms with Crippen LogP contribution in [0.5, 0.6) is 0 Å². The van der Waals surface area contributed by atoms with Gasteiger partial charge in [0.2, 0.25) is 5.91 Å². The first-order valence-electron chi connectivity index (χ1n) is 8.96. The van der Waals surface area contributed by atoms with Crippen LogP contribution in [0, 0.1) is 0 Å². The first kappa shape index (κ1) is 19.9. The van der Waals surface area contributed by atoms with Gasteiger partial charge in [-0.3, -0.25) is 24.1 Å². The molecule has 0 radical (unpaired) electrons. The molecule has 0 spiro atoms. The Bertz CT molecular complexity index is 993. The van der Waals surface area contributed by atoms with Crippen molar-refractivity contribution in [2.45, 2.75) is 25.4 Å². The molecule has 0 fully saturated rings. The predicted molar refractivity (Wildman–Crippen MR) is 103 cm³/mol. The molecular weight excluding hydrogens is 372 g/mol. The number of hydrogen-bond donors (Lipinski definition) is 1. The van der Waals surface area contributed by atoms with Gasteiger partial charge < -0.3 is 10.8 Å². The normalized spacial score (nSPS) is 14.6. The Balaban J connectivity index is 1.79. The lowest BCUT2D eigenvalue weighted by Gasteiger charge is -2.24. The summed E-state index contributed by atoms with van der Waals surface area (Å²) in [4.78, 5) is 53.8. The van der Waals surface area contributed by atoms with Gasteiger partial charge >= 0.3 is 6.21 Å². The number of carbonyl (C=O) groups is 4. The second-order valence-electron chi connectivity index (χ2n) is 6.60. The highest BCUT2D eigenvalue weighted by Gasteiger charge is 2.41. The van der Waals surface area contributed by atoms with Crippen molar-refractivity contribution in [3.05, 3.63) is 76.8 Å². The van der Waals surface area contributed by atoms with Crippen molar-refractivity contribution in [2.24, 2.45) is 0 Å². The highest BCUT2D eigenvalue weighted by Crippen LogP contribution is 2.24. The van der Waals surface area contributed by atoms with Crippen molar-refractivity contribution in [3.63, 3.8) is 0 Å². The maximum Gasteiger partial charge on any atom is 0.325 e. The van der Waals surface area contributed by atoms with Crippen LogP contribution in [-0.2, 0) is 16.0 Å². The number of Topliss-reactive ketones (excluding diaryl/α,β-unsaturated/α-hetero) is 1. The number of amides is 3. The number of nitrogens with zero attached hydrogens (tertiary/aromatic N) is 3. The van der Waals surface area contributed by atoms with E-state index in [1.54, 1.807) is 36.4 Å². The zero-order valence-electron chi connectivity index (χ0n) is 15.6. The van der Waals surface area contributed by atoms with E-state index in [0.717, 1.165) is 10.5 Å². The average molecular weight is 390 g/mol. The van der Waals surface area contributed by atoms with Crippen molar-refractivity contribution < 1.29 is 24.0 Å². The molecule has 0 saturated heterocycles. The molecule has 3 rings (SSSR count). The van der Waals surface area contributed by atoms with Crippen molar-refractivity contribution in [2.75, 3.05) is 0 Å². The predicted octanol–water partition coefficient (Wildman–Crippen LogP) is 1.27. The van der Waals surface area contributed by atoms with Gasteiger partial charge in [0.05, 0.1) is 11.1 Å². The molecule has 1 N–H and O–H groups in total. The molecule has 0 unspecified atom stereocenters. The zero-order chi connectivity index (χ0) is 21.0. The summed E-state index contributed by atoms with van der Waals surface area (Å²) < 4.78 is 0. The molecule has 0 aliphatic carbocycles. The quantitative estimate of drug-likeness (QED) is 0.331. The van der Waals surface area contributed by atoms with Gasteiger partial charge in [-0.15, -0.1) is 0 Å². The minimum atomic E-state index is -1.13. The molecule has 8 heteroatoms. The lowest BCUT2D eigenvalue weighted by molar-refractivity contribution is -0.128. The van der Waals surface area contributed by atoms with Gasteiger partial charge in [-0.25, -0.2) is 0 Å². The van der Waals surface area contributed by atoms with Crippen LogP contribution in [0.3, 0.4) is 0 Å². The third-order valence-corrected chi connectivity index (χ3v) is 4.72. The first-order chi connectivity index (χ1) is 13.9. The molecule has 146 valence electrons. The monoisotopic (exact) mass is 390 g/mol. The van der Waals surface area contributed by atoms with Crippen LogP contribution >= 0.6 is 0 Å². The minimum absolute atomic E-state index is 0.159. The van der Waals surface area contributed by atoms with Gasteiger partial charge in [0.15, 0.2) is 0 Å². The molecule has 8 nitrogen and oxygen atoms in total. The van der Waals surface area contributed by atoms with Gasteiger partial charge in [-0.2, -0.15) is 4.79 Å². The highest BCUT2D eigenvalue weighted by molar-refractivity contribution is 6.28. The lowest BCUT2D eigenvalue weighted by Crippen LogP contribution is -2.52. The van der Waals surface area contributed by atoms with Gasteiger partial charge in [0.1, 0.15) is 12.1 Å². The molecule has 3 amide bonds. The van der Waals surface area contributed by atoms with E-state index in [4.69, 9.17) is 5.53 Å². The Morgan fingerprint density at radius 3 is 2.14 bits per heavy atom. The maximum absolute atomic E-state index is 12.8. The molecule has 2 aromatic rings. The molecule has 2 aromatic carbocycles. The second-order valence-corrected chi connectivity index (χ2v) is 6.60. The summed E-state index contributed by atoms with van der Waals surface area (Å²) in [6.45, 7) is 1.42. The molecule has 1 aliphatic rings. The molecule has 1 aliphatic heterocycles. The average Bonchev–Trinajstić information content (AvgIpc) is 2.98. The van der Waals surface area contributed by atoms with E-state index in [9.17, 15) is 19.2 Å². The van der Waals surface area contributed by atoms with Crippen molar-refractivity contribution >= 4 is 29.7 Å². The van der Waals surface area contributed by atoms with Crippen molar-refractivity contribution in [1.82, 2.24) is 10.2 Å². The maximum atomic E-state index is 12.8. The topological polar surface area (TPSA) is 120 Å². The SMILES string of the molecule is C[C@H](C(=O)N[C@H](Cc1ccccc1)C(=O)C=[N+]=[N-])N1C(=O)c2ccccc2C1=O. The Hall–Kier alpha value is -3.90. The van der Waals surface area contributed by atoms with E-state index >= 15 is 0 Å². The lowest BCUT2D eigenvalue weighted by atomic mass is 10.0. The molecule has 1 heterocycles. The number of ketones is 1. The van der Waals surface area contributed by atoms with Gasteiger partial charge in [0.25, 0.3) is 17.6 Å². The van der Waals surface area contributed by atoms with Gasteiger partial charge in [-0.05, 0) is 24.6 Å². The Morgan fingerprint density at radius 2 is 1.59 bits per heavy atom. The number of nitrogens with one attached hydrogen (secondary N) is 1. The third-order valence-electron chi connectivity index (χ3n) is 4.72. The van der Waals surface area contributed by atoms with Crippen LogP contribution in [0.1, 0.15) is 33.2 Å². The Morgan fingerprint density at radius 1 is 1.03 bits per heavy atom. The molecule has 0 bridgehead atoms. The van der Waals surface area contributed by atoms with Crippen LogP contribution in [0.15, 0.2) is 54.6 Å². The molecule has 29 heavy (non-hydrogen) atoms. The highest BCUT2D eigenvalue weighted by atomic mass is 16.2. The summed E-state index contributed by atoms with van der Waals surface area (Å²) in [6, 6.07) is 13.2. The van der Waals surface area contributed by atoms with E-state index in [2.05, 4.69) is 10.1 Å².